The van der Waals surface area contributed by atoms with Crippen molar-refractivity contribution >= 4 is 17.6 Å². The molecule has 0 saturated carbocycles. The molecule has 120 valence electrons. The van der Waals surface area contributed by atoms with Gasteiger partial charge in [0.2, 0.25) is 0 Å². The molecule has 0 atom stereocenters. The number of guanidine groups is 1. The lowest BCUT2D eigenvalue weighted by Crippen LogP contribution is -2.48. The minimum atomic E-state index is -0.0254. The van der Waals surface area contributed by atoms with Crippen molar-refractivity contribution in [3.05, 3.63) is 47.5 Å². The summed E-state index contributed by atoms with van der Waals surface area (Å²) in [4.78, 5) is 4.24. The standard InChI is InChI=1S/C17H24ClN3O/c1-3-10-20-16(19-2)21-13-17(8-11-22-12-9-17)14-6-4-5-7-15(14)18/h3-7H,1,8-13H2,2H3,(H2,19,20,21). The van der Waals surface area contributed by atoms with Gasteiger partial charge in [-0.2, -0.15) is 0 Å². The minimum absolute atomic E-state index is 0.0254. The van der Waals surface area contributed by atoms with Gasteiger partial charge in [0.1, 0.15) is 0 Å². The first kappa shape index (κ1) is 16.8. The van der Waals surface area contributed by atoms with E-state index in [0.717, 1.165) is 43.6 Å². The summed E-state index contributed by atoms with van der Waals surface area (Å²) in [5, 5.41) is 7.44. The van der Waals surface area contributed by atoms with Crippen LogP contribution in [-0.4, -0.2) is 39.3 Å². The second-order valence-corrected chi connectivity index (χ2v) is 5.88. The lowest BCUT2D eigenvalue weighted by atomic mass is 9.74. The molecule has 0 spiro atoms. The molecule has 0 aliphatic carbocycles. The molecule has 0 aromatic heterocycles. The molecule has 0 radical (unpaired) electrons. The fourth-order valence-corrected chi connectivity index (χ4v) is 3.17. The normalized spacial score (nSPS) is 17.8. The summed E-state index contributed by atoms with van der Waals surface area (Å²) >= 11 is 6.45. The molecule has 1 aromatic carbocycles. The van der Waals surface area contributed by atoms with E-state index in [1.807, 2.05) is 24.3 Å². The van der Waals surface area contributed by atoms with Crippen molar-refractivity contribution in [1.29, 1.82) is 0 Å². The van der Waals surface area contributed by atoms with Crippen molar-refractivity contribution in [3.63, 3.8) is 0 Å². The van der Waals surface area contributed by atoms with E-state index in [-0.39, 0.29) is 5.41 Å². The molecule has 2 N–H and O–H groups in total. The number of nitrogens with zero attached hydrogens (tertiary/aromatic N) is 1. The van der Waals surface area contributed by atoms with E-state index in [1.54, 1.807) is 7.05 Å². The number of hydrogen-bond acceptors (Lipinski definition) is 2. The van der Waals surface area contributed by atoms with E-state index in [4.69, 9.17) is 16.3 Å². The molecule has 22 heavy (non-hydrogen) atoms. The lowest BCUT2D eigenvalue weighted by Gasteiger charge is -2.38. The van der Waals surface area contributed by atoms with Crippen molar-refractivity contribution in [2.75, 3.05) is 33.4 Å². The van der Waals surface area contributed by atoms with Crippen LogP contribution >= 0.6 is 11.6 Å². The van der Waals surface area contributed by atoms with Crippen molar-refractivity contribution in [3.8, 4) is 0 Å². The van der Waals surface area contributed by atoms with E-state index in [1.165, 1.54) is 5.56 Å². The lowest BCUT2D eigenvalue weighted by molar-refractivity contribution is 0.0514. The smallest absolute Gasteiger partial charge is 0.191 e. The van der Waals surface area contributed by atoms with Crippen molar-refractivity contribution in [2.45, 2.75) is 18.3 Å². The number of ether oxygens (including phenoxy) is 1. The Hall–Kier alpha value is -1.52. The summed E-state index contributed by atoms with van der Waals surface area (Å²) in [5.41, 5.74) is 1.16. The van der Waals surface area contributed by atoms with Crippen LogP contribution in [0.1, 0.15) is 18.4 Å². The van der Waals surface area contributed by atoms with E-state index in [0.29, 0.717) is 6.54 Å². The van der Waals surface area contributed by atoms with Crippen LogP contribution in [0.2, 0.25) is 5.02 Å². The van der Waals surface area contributed by atoms with Gasteiger partial charge in [-0.3, -0.25) is 4.99 Å². The Labute approximate surface area is 137 Å². The monoisotopic (exact) mass is 321 g/mol. The van der Waals surface area contributed by atoms with Gasteiger partial charge in [-0.05, 0) is 24.5 Å². The molecule has 0 bridgehead atoms. The summed E-state index contributed by atoms with van der Waals surface area (Å²) in [6.45, 7) is 6.68. The van der Waals surface area contributed by atoms with Crippen LogP contribution in [0.5, 0.6) is 0 Å². The van der Waals surface area contributed by atoms with Gasteiger partial charge in [-0.1, -0.05) is 35.9 Å². The minimum Gasteiger partial charge on any atom is -0.381 e. The van der Waals surface area contributed by atoms with Crippen LogP contribution in [0, 0.1) is 0 Å². The van der Waals surface area contributed by atoms with Gasteiger partial charge in [-0.15, -0.1) is 6.58 Å². The fraction of sp³-hybridized carbons (Fsp3) is 0.471. The van der Waals surface area contributed by atoms with Gasteiger partial charge >= 0.3 is 0 Å². The van der Waals surface area contributed by atoms with Gasteiger partial charge < -0.3 is 15.4 Å². The molecule has 1 aromatic rings. The maximum atomic E-state index is 6.45. The van der Waals surface area contributed by atoms with Crippen molar-refractivity contribution < 1.29 is 4.74 Å². The molecule has 1 aliphatic rings. The highest BCUT2D eigenvalue weighted by Crippen LogP contribution is 2.38. The first-order chi connectivity index (χ1) is 10.7. The van der Waals surface area contributed by atoms with E-state index in [9.17, 15) is 0 Å². The Bertz CT molecular complexity index is 524. The number of halogens is 1. The first-order valence-corrected chi connectivity index (χ1v) is 7.98. The maximum absolute atomic E-state index is 6.45. The number of hydrogen-bond donors (Lipinski definition) is 2. The average Bonchev–Trinajstić information content (AvgIpc) is 2.56. The summed E-state index contributed by atoms with van der Waals surface area (Å²) in [7, 11) is 1.77. The number of rotatable bonds is 5. The maximum Gasteiger partial charge on any atom is 0.191 e. The zero-order valence-corrected chi connectivity index (χ0v) is 13.8. The second kappa shape index (κ2) is 8.20. The highest BCUT2D eigenvalue weighted by atomic mass is 35.5. The summed E-state index contributed by atoms with van der Waals surface area (Å²) < 4.78 is 5.55. The molecule has 2 rings (SSSR count). The molecule has 1 aliphatic heterocycles. The molecule has 1 fully saturated rings. The molecular formula is C17H24ClN3O. The largest absolute Gasteiger partial charge is 0.381 e. The molecule has 1 saturated heterocycles. The van der Waals surface area contributed by atoms with Crippen LogP contribution in [0.15, 0.2) is 41.9 Å². The molecule has 1 heterocycles. The third kappa shape index (κ3) is 4.02. The summed E-state index contributed by atoms with van der Waals surface area (Å²) in [6.07, 6.45) is 3.70. The SMILES string of the molecule is C=CCNC(=NC)NCC1(c2ccccc2Cl)CCOCC1. The second-order valence-electron chi connectivity index (χ2n) is 5.47. The zero-order valence-electron chi connectivity index (χ0n) is 13.1. The highest BCUT2D eigenvalue weighted by molar-refractivity contribution is 6.31. The van der Waals surface area contributed by atoms with Gasteiger partial charge in [0.05, 0.1) is 0 Å². The Morgan fingerprint density at radius 3 is 2.73 bits per heavy atom. The van der Waals surface area contributed by atoms with Gasteiger partial charge in [0.15, 0.2) is 5.96 Å². The molecule has 0 amide bonds. The fourth-order valence-electron chi connectivity index (χ4n) is 2.84. The average molecular weight is 322 g/mol. The molecule has 0 unspecified atom stereocenters. The van der Waals surface area contributed by atoms with Crippen LogP contribution in [0.3, 0.4) is 0 Å². The number of benzene rings is 1. The quantitative estimate of drug-likeness (QED) is 0.498. The molecule has 4 nitrogen and oxygen atoms in total. The van der Waals surface area contributed by atoms with Crippen LogP contribution < -0.4 is 10.6 Å². The van der Waals surface area contributed by atoms with Gasteiger partial charge in [0.25, 0.3) is 0 Å². The number of nitrogens with one attached hydrogen (secondary N) is 2. The van der Waals surface area contributed by atoms with Crippen LogP contribution in [0.4, 0.5) is 0 Å². The predicted molar refractivity (Wildman–Crippen MR) is 92.7 cm³/mol. The first-order valence-electron chi connectivity index (χ1n) is 7.60. The Kier molecular flexibility index (Phi) is 6.28. The third-order valence-electron chi connectivity index (χ3n) is 4.13. The Morgan fingerprint density at radius 2 is 2.09 bits per heavy atom. The highest BCUT2D eigenvalue weighted by Gasteiger charge is 2.36. The predicted octanol–water partition coefficient (Wildman–Crippen LogP) is 2.74. The third-order valence-corrected chi connectivity index (χ3v) is 4.46. The van der Waals surface area contributed by atoms with E-state index >= 15 is 0 Å². The topological polar surface area (TPSA) is 45.7 Å². The van der Waals surface area contributed by atoms with Crippen LogP contribution in [-0.2, 0) is 10.2 Å². The van der Waals surface area contributed by atoms with Crippen molar-refractivity contribution in [1.82, 2.24) is 10.6 Å². The van der Waals surface area contributed by atoms with Crippen LogP contribution in [0.25, 0.3) is 0 Å². The van der Waals surface area contributed by atoms with E-state index < -0.39 is 0 Å². The van der Waals surface area contributed by atoms with E-state index in [2.05, 4.69) is 28.3 Å². The van der Waals surface area contributed by atoms with Crippen molar-refractivity contribution in [2.24, 2.45) is 4.99 Å². The molecule has 5 heteroatoms. The Balaban J connectivity index is 2.16. The number of aliphatic imine (C=N–C) groups is 1. The Morgan fingerprint density at radius 1 is 1.36 bits per heavy atom. The molecular weight excluding hydrogens is 298 g/mol. The van der Waals surface area contributed by atoms with Gasteiger partial charge in [0, 0.05) is 43.8 Å². The van der Waals surface area contributed by atoms with Gasteiger partial charge in [-0.25, -0.2) is 0 Å². The summed E-state index contributed by atoms with van der Waals surface area (Å²) in [6, 6.07) is 8.09. The zero-order chi connectivity index (χ0) is 15.8. The summed E-state index contributed by atoms with van der Waals surface area (Å²) in [5.74, 6) is 0.776.